The van der Waals surface area contributed by atoms with Crippen LogP contribution < -0.4 is 26.2 Å². The van der Waals surface area contributed by atoms with Crippen molar-refractivity contribution in [3.8, 4) is 55.9 Å². The maximum absolute atomic E-state index is 10.8. The SMILES string of the molecule is [2H]c1c([2H])c([2H])c2c(c1[2H])c1cc(C([2H])([2H])C(C)(C)C)ccc1n2-c1ccc2c(c1)N(c1cc(-c3cccc(C(C)(C)C)c3)c(C([2H])([2H])C(C)(C)C)cc1-c1cccc(C(C)(C)C)c1)c1cc(CC(C)(C)C)cc3c1B2c1ccc(-n2c4ccc(C([2H])([2H])C(C)(C)C)cc4c4c([2H])c([2H])c([2H])c([2H])c42)cc1N3c1cc(-c2cccc(C(C)(C)C)c2)c(C([2H])([2H])C(C)(C)C)cc1-c1cccc(C(C)(C)C)c1. The summed E-state index contributed by atoms with van der Waals surface area (Å²) in [7, 11) is 0. The number of nitrogens with zero attached hydrogens (tertiary/aromatic N) is 4. The van der Waals surface area contributed by atoms with E-state index in [9.17, 15) is 21.9 Å². The van der Waals surface area contributed by atoms with Gasteiger partial charge in [0.2, 0.25) is 0 Å². The molecule has 5 heteroatoms. The number of para-hydroxylation sites is 2. The summed E-state index contributed by atoms with van der Waals surface area (Å²) in [5, 5.41) is 1.31. The minimum atomic E-state index is -2.02. The normalized spacial score (nSPS) is 16.0. The van der Waals surface area contributed by atoms with Crippen LogP contribution in [-0.2, 0) is 53.6 Å². The second-order valence-corrected chi connectivity index (χ2v) is 44.6. The number of anilines is 6. The molecule has 15 aromatic rings. The number of aromatic nitrogens is 2. The Labute approximate surface area is 765 Å². The Morgan fingerprint density at radius 3 is 0.944 bits per heavy atom. The van der Waals surface area contributed by atoms with E-state index in [1.165, 1.54) is 0 Å². The highest BCUT2D eigenvalue weighted by Crippen LogP contribution is 2.55. The van der Waals surface area contributed by atoms with Crippen molar-refractivity contribution >= 4 is 101 Å². The molecule has 4 nitrogen and oxygen atoms in total. The predicted molar refractivity (Wildman–Crippen MR) is 541 cm³/mol. The van der Waals surface area contributed by atoms with Gasteiger partial charge in [0, 0.05) is 77.8 Å². The second-order valence-electron chi connectivity index (χ2n) is 44.6. The molecule has 0 saturated carbocycles. The molecule has 0 fully saturated rings. The standard InChI is InChI=1S/C119H133BN4/c1-111(2,3)70-75-48-54-102-96(56-75)90-44-28-30-46-100(90)121(102)88-50-52-98-106(66-88)123(104-68-92(78-36-32-40-84(60-78)116(16,17)18)82(73-114(10,11)12)64-94(104)80-38-34-42-86(62-80)118(22,23)24)108-58-77(72-113(7,8)9)59-109-110(108)120(98)99-53-51-89(122-101-47-31-29-45-91(101)97-57-76(49-55-103(97)122)71-112(4,5)6)67-107(99)124(109)105-69-93(79-37-33-41-85(61-79)117(19,20)21)83(74-115(13,14)15)65-95(105)81-39-35-43-87(63-81)119(25,26)27/h28-69H,70-74H2,1-27H3/i28D,29D,30D,31D,44D,45D,46D,47D,70D2,71D2,73D2,74D2. The van der Waals surface area contributed by atoms with Crippen molar-refractivity contribution in [1.29, 1.82) is 0 Å². The first kappa shape index (κ1) is 67.5. The summed E-state index contributed by atoms with van der Waals surface area (Å²) >= 11 is 0. The summed E-state index contributed by atoms with van der Waals surface area (Å²) in [6, 6.07) is 68.0. The van der Waals surface area contributed by atoms with Crippen LogP contribution in [0.2, 0.25) is 0 Å². The summed E-state index contributed by atoms with van der Waals surface area (Å²) in [6.07, 6.45) is -7.38. The Hall–Kier alpha value is -10.9. The number of fused-ring (bicyclic) bond motifs is 10. The fraction of sp³-hybridized carbons (Fsp3) is 0.345. The van der Waals surface area contributed by atoms with E-state index < -0.39 is 83.4 Å². The molecule has 0 N–H and O–H groups in total. The van der Waals surface area contributed by atoms with Crippen LogP contribution in [0.5, 0.6) is 0 Å². The number of hydrogen-bond acceptors (Lipinski definition) is 2. The third-order valence-electron chi connectivity index (χ3n) is 24.1. The molecule has 0 amide bonds. The Morgan fingerprint density at radius 1 is 0.274 bits per heavy atom. The lowest BCUT2D eigenvalue weighted by Crippen LogP contribution is -2.61. The lowest BCUT2D eigenvalue weighted by molar-refractivity contribution is 0.411. The van der Waals surface area contributed by atoms with Gasteiger partial charge in [-0.3, -0.25) is 0 Å². The largest absolute Gasteiger partial charge is 0.311 e. The van der Waals surface area contributed by atoms with Gasteiger partial charge in [-0.25, -0.2) is 0 Å². The number of rotatable bonds is 13. The van der Waals surface area contributed by atoms with Crippen molar-refractivity contribution in [2.24, 2.45) is 27.1 Å². The monoisotopic (exact) mass is 1650 g/mol. The van der Waals surface area contributed by atoms with Gasteiger partial charge >= 0.3 is 0 Å². The predicted octanol–water partition coefficient (Wildman–Crippen LogP) is 31.8. The minimum Gasteiger partial charge on any atom is -0.311 e. The summed E-state index contributed by atoms with van der Waals surface area (Å²) in [4.78, 5) is 4.76. The molecule has 124 heavy (non-hydrogen) atoms. The maximum atomic E-state index is 10.8. The molecule has 13 aromatic carbocycles. The molecule has 0 radical (unpaired) electrons. The van der Waals surface area contributed by atoms with Crippen molar-refractivity contribution in [3.05, 3.63) is 305 Å². The molecular weight excluding hydrogens is 1500 g/mol. The Morgan fingerprint density at radius 2 is 0.613 bits per heavy atom. The smallest absolute Gasteiger partial charge is 0.252 e. The third-order valence-corrected chi connectivity index (χ3v) is 24.1. The van der Waals surface area contributed by atoms with E-state index in [4.69, 9.17) is 0 Å². The van der Waals surface area contributed by atoms with Gasteiger partial charge in [0.25, 0.3) is 6.71 Å². The van der Waals surface area contributed by atoms with Gasteiger partial charge in [-0.1, -0.05) is 345 Å². The second kappa shape index (κ2) is 30.5. The minimum absolute atomic E-state index is 0.187. The van der Waals surface area contributed by atoms with E-state index in [1.54, 1.807) is 24.3 Å². The molecule has 2 aliphatic rings. The quantitative estimate of drug-likeness (QED) is 0.107. The number of hydrogen-bond donors (Lipinski definition) is 0. The fourth-order valence-corrected chi connectivity index (χ4v) is 18.6. The molecule has 2 aromatic heterocycles. The zero-order valence-corrected chi connectivity index (χ0v) is 78.2. The lowest BCUT2D eigenvalue weighted by atomic mass is 9.33. The van der Waals surface area contributed by atoms with Gasteiger partial charge in [0.15, 0.2) is 0 Å². The van der Waals surface area contributed by atoms with Crippen molar-refractivity contribution < 1.29 is 21.9 Å². The average molecular weight is 1650 g/mol. The topological polar surface area (TPSA) is 16.3 Å². The van der Waals surface area contributed by atoms with Crippen LogP contribution in [0.25, 0.3) is 99.5 Å². The van der Waals surface area contributed by atoms with Crippen molar-refractivity contribution in [2.75, 3.05) is 9.80 Å². The van der Waals surface area contributed by atoms with Crippen LogP contribution in [0.4, 0.5) is 34.1 Å². The third kappa shape index (κ3) is 16.7. The number of benzene rings is 13. The highest BCUT2D eigenvalue weighted by atomic mass is 15.2. The first-order valence-electron chi connectivity index (χ1n) is 52.5. The zero-order valence-electron chi connectivity index (χ0n) is 94.2. The van der Waals surface area contributed by atoms with Crippen molar-refractivity contribution in [3.63, 3.8) is 0 Å². The fourth-order valence-electron chi connectivity index (χ4n) is 18.6. The lowest BCUT2D eigenvalue weighted by Gasteiger charge is -2.46. The summed E-state index contributed by atoms with van der Waals surface area (Å²) in [6.45, 7) is 55.1. The summed E-state index contributed by atoms with van der Waals surface area (Å²) in [5.41, 5.74) is 16.0. The van der Waals surface area contributed by atoms with Gasteiger partial charge < -0.3 is 18.9 Å². The van der Waals surface area contributed by atoms with E-state index >= 15 is 0 Å². The molecular formula is C119H133BN4. The summed E-state index contributed by atoms with van der Waals surface area (Å²) < 4.78 is 165. The molecule has 0 aliphatic carbocycles. The molecule has 0 atom stereocenters. The highest BCUT2D eigenvalue weighted by Gasteiger charge is 2.46. The molecule has 17 rings (SSSR count). The molecule has 2 aliphatic heterocycles. The average Bonchev–Trinajstić information content (AvgIpc) is 0.905. The first-order chi connectivity index (χ1) is 64.5. The van der Waals surface area contributed by atoms with E-state index in [-0.39, 0.29) is 67.6 Å². The van der Waals surface area contributed by atoms with Crippen molar-refractivity contribution in [2.45, 2.75) is 241 Å². The van der Waals surface area contributed by atoms with E-state index in [0.29, 0.717) is 107 Å². The molecule has 0 saturated heterocycles. The first-order valence-corrected chi connectivity index (χ1v) is 44.5. The van der Waals surface area contributed by atoms with Gasteiger partial charge in [-0.15, -0.1) is 0 Å². The summed E-state index contributed by atoms with van der Waals surface area (Å²) in [5.74, 6) is 0. The van der Waals surface area contributed by atoms with Crippen LogP contribution in [0.3, 0.4) is 0 Å². The highest BCUT2D eigenvalue weighted by molar-refractivity contribution is 7.00. The van der Waals surface area contributed by atoms with Crippen LogP contribution in [0, 0.1) is 27.1 Å². The molecule has 0 bridgehead atoms. The Balaban J connectivity index is 1.13. The van der Waals surface area contributed by atoms with Gasteiger partial charge in [0.05, 0.1) is 44.4 Å². The van der Waals surface area contributed by atoms with Crippen molar-refractivity contribution in [1.82, 2.24) is 9.13 Å². The maximum Gasteiger partial charge on any atom is 0.252 e. The molecule has 0 unspecified atom stereocenters. The Kier molecular flexibility index (Phi) is 16.6. The molecule has 4 heterocycles. The van der Waals surface area contributed by atoms with E-state index in [0.717, 1.165) is 77.8 Å². The van der Waals surface area contributed by atoms with Gasteiger partial charge in [0.1, 0.15) is 0 Å². The van der Waals surface area contributed by atoms with Crippen LogP contribution in [-0.4, -0.2) is 15.8 Å². The zero-order chi connectivity index (χ0) is 103. The Bertz CT molecular complexity index is 7210. The van der Waals surface area contributed by atoms with Crippen LogP contribution >= 0.6 is 0 Å². The van der Waals surface area contributed by atoms with Gasteiger partial charge in [-0.05, 0) is 278 Å². The van der Waals surface area contributed by atoms with E-state index in [2.05, 4.69) is 271 Å². The molecule has 0 spiro atoms. The van der Waals surface area contributed by atoms with Gasteiger partial charge in [-0.2, -0.15) is 0 Å². The van der Waals surface area contributed by atoms with Crippen LogP contribution in [0.15, 0.2) is 255 Å². The molecule has 632 valence electrons. The van der Waals surface area contributed by atoms with E-state index in [1.807, 2.05) is 116 Å². The van der Waals surface area contributed by atoms with Crippen LogP contribution in [0.1, 0.15) is 259 Å².